The molecule has 0 saturated heterocycles. The zero-order valence-electron chi connectivity index (χ0n) is 12.6. The zero-order valence-corrected chi connectivity index (χ0v) is 12.6. The van der Waals surface area contributed by atoms with Gasteiger partial charge in [-0.15, -0.1) is 0 Å². The first-order chi connectivity index (χ1) is 10.9. The maximum absolute atomic E-state index is 6.26. The van der Waals surface area contributed by atoms with Gasteiger partial charge in [0.2, 0.25) is 0 Å². The molecule has 0 aliphatic heterocycles. The Morgan fingerprint density at radius 2 is 0.909 bits per heavy atom. The van der Waals surface area contributed by atoms with Crippen LogP contribution in [0.25, 0.3) is 0 Å². The van der Waals surface area contributed by atoms with Crippen LogP contribution in [0.1, 0.15) is 23.6 Å². The fraction of sp³-hybridized carbons (Fsp3) is 0.0952. The molecule has 0 unspecified atom stereocenters. The Morgan fingerprint density at radius 3 is 1.18 bits per heavy atom. The minimum absolute atomic E-state index is 0.626. The van der Waals surface area contributed by atoms with E-state index in [4.69, 9.17) is 4.74 Å². The van der Waals surface area contributed by atoms with E-state index in [2.05, 4.69) is 72.8 Å². The predicted octanol–water partition coefficient (Wildman–Crippen LogP) is 5.18. The molecular weight excluding hydrogens is 268 g/mol. The maximum Gasteiger partial charge on any atom is 0.144 e. The van der Waals surface area contributed by atoms with Crippen molar-refractivity contribution in [2.45, 2.75) is 12.5 Å². The number of benzene rings is 3. The van der Waals surface area contributed by atoms with Gasteiger partial charge < -0.3 is 4.74 Å². The molecule has 0 spiro atoms. The van der Waals surface area contributed by atoms with E-state index < -0.39 is 5.60 Å². The van der Waals surface area contributed by atoms with Crippen LogP contribution < -0.4 is 0 Å². The van der Waals surface area contributed by atoms with E-state index in [0.717, 1.165) is 16.7 Å². The van der Waals surface area contributed by atoms with Crippen LogP contribution in [0.15, 0.2) is 91.0 Å². The highest BCUT2D eigenvalue weighted by atomic mass is 16.5. The van der Waals surface area contributed by atoms with Crippen molar-refractivity contribution in [3.63, 3.8) is 0 Å². The van der Waals surface area contributed by atoms with Gasteiger partial charge in [-0.05, 0) is 23.6 Å². The monoisotopic (exact) mass is 287 g/mol. The van der Waals surface area contributed by atoms with Gasteiger partial charge in [-0.2, -0.15) is 0 Å². The summed E-state index contributed by atoms with van der Waals surface area (Å²) < 4.78 is 6.26. The Balaban J connectivity index is 2.29. The van der Waals surface area contributed by atoms with E-state index in [1.165, 1.54) is 0 Å². The summed E-state index contributed by atoms with van der Waals surface area (Å²) in [5.41, 5.74) is 2.72. The van der Waals surface area contributed by atoms with Crippen LogP contribution in [0.2, 0.25) is 0 Å². The first kappa shape index (κ1) is 14.6. The summed E-state index contributed by atoms with van der Waals surface area (Å²) in [6.45, 7) is 3.69. The Bertz CT molecular complexity index is 593. The van der Waals surface area contributed by atoms with Crippen molar-refractivity contribution in [3.05, 3.63) is 114 Å². The molecule has 0 aromatic heterocycles. The molecule has 3 aromatic carbocycles. The number of ether oxygens (including phenoxy) is 1. The molecule has 0 bridgehead atoms. The van der Waals surface area contributed by atoms with Crippen LogP contribution in [0.5, 0.6) is 0 Å². The van der Waals surface area contributed by atoms with Crippen LogP contribution in [0.4, 0.5) is 0 Å². The molecule has 3 aromatic rings. The highest BCUT2D eigenvalue weighted by Crippen LogP contribution is 2.40. The third kappa shape index (κ3) is 2.56. The molecule has 1 nitrogen and oxygen atoms in total. The summed E-state index contributed by atoms with van der Waals surface area (Å²) in [5.74, 6) is 0. The Hall–Kier alpha value is -2.38. The van der Waals surface area contributed by atoms with Crippen molar-refractivity contribution < 1.29 is 4.74 Å². The van der Waals surface area contributed by atoms with E-state index in [0.29, 0.717) is 0 Å². The molecule has 0 aliphatic rings. The number of rotatable bonds is 5. The molecule has 0 N–H and O–H groups in total. The minimum atomic E-state index is -0.626. The van der Waals surface area contributed by atoms with Crippen LogP contribution in [-0.4, -0.2) is 0 Å². The Kier molecular flexibility index (Phi) is 4.36. The van der Waals surface area contributed by atoms with E-state index in [9.17, 15) is 0 Å². The molecule has 1 heteroatoms. The number of hydrogen-bond donors (Lipinski definition) is 0. The molecule has 3 rings (SSSR count). The van der Waals surface area contributed by atoms with Crippen LogP contribution in [0, 0.1) is 6.61 Å². The predicted molar refractivity (Wildman–Crippen MR) is 90.3 cm³/mol. The van der Waals surface area contributed by atoms with Gasteiger partial charge in [-0.3, -0.25) is 0 Å². The smallest absolute Gasteiger partial charge is 0.144 e. The molecule has 109 valence electrons. The summed E-state index contributed by atoms with van der Waals surface area (Å²) in [6.07, 6.45) is 0. The van der Waals surface area contributed by atoms with Crippen molar-refractivity contribution in [2.24, 2.45) is 0 Å². The maximum atomic E-state index is 6.26. The van der Waals surface area contributed by atoms with Crippen molar-refractivity contribution >= 4 is 0 Å². The molecule has 1 radical (unpaired) electrons. The number of hydrogen-bond acceptors (Lipinski definition) is 1. The van der Waals surface area contributed by atoms with E-state index in [1.807, 2.05) is 25.1 Å². The van der Waals surface area contributed by atoms with Crippen LogP contribution in [-0.2, 0) is 10.3 Å². The summed E-state index contributed by atoms with van der Waals surface area (Å²) in [6, 6.07) is 31.1. The molecule has 0 saturated carbocycles. The zero-order chi connectivity index (χ0) is 15.3. The second-order valence-electron chi connectivity index (χ2n) is 5.13. The summed E-state index contributed by atoms with van der Waals surface area (Å²) in [4.78, 5) is 0. The van der Waals surface area contributed by atoms with Gasteiger partial charge in [-0.1, -0.05) is 91.0 Å². The largest absolute Gasteiger partial charge is 0.355 e. The summed E-state index contributed by atoms with van der Waals surface area (Å²) in [7, 11) is 0. The fourth-order valence-electron chi connectivity index (χ4n) is 2.90. The summed E-state index contributed by atoms with van der Waals surface area (Å²) in [5, 5.41) is 0. The van der Waals surface area contributed by atoms with Gasteiger partial charge in [0, 0.05) is 0 Å². The van der Waals surface area contributed by atoms with Crippen molar-refractivity contribution in [2.75, 3.05) is 0 Å². The molecule has 0 aliphatic carbocycles. The first-order valence-corrected chi connectivity index (χ1v) is 7.50. The van der Waals surface area contributed by atoms with Gasteiger partial charge in [-0.25, -0.2) is 0 Å². The molecule has 0 fully saturated rings. The topological polar surface area (TPSA) is 9.23 Å². The fourth-order valence-corrected chi connectivity index (χ4v) is 2.90. The standard InChI is InChI=1S/C21H19O/c1-2-22-21(18-12-6-3-7-13-18,19-14-8-4-9-15-19)20-16-10-5-11-17-20/h2-17H,1H3. The third-order valence-corrected chi connectivity index (χ3v) is 3.84. The van der Waals surface area contributed by atoms with Gasteiger partial charge in [0.15, 0.2) is 0 Å². The average molecular weight is 287 g/mol. The molecular formula is C21H19O. The van der Waals surface area contributed by atoms with Gasteiger partial charge in [0.05, 0.1) is 6.61 Å². The molecule has 0 atom stereocenters. The lowest BCUT2D eigenvalue weighted by molar-refractivity contribution is 0.0648. The molecule has 0 heterocycles. The molecule has 22 heavy (non-hydrogen) atoms. The average Bonchev–Trinajstić information content (AvgIpc) is 2.62. The van der Waals surface area contributed by atoms with Gasteiger partial charge >= 0.3 is 0 Å². The van der Waals surface area contributed by atoms with E-state index in [1.54, 1.807) is 6.61 Å². The lowest BCUT2D eigenvalue weighted by atomic mass is 9.80. The second-order valence-corrected chi connectivity index (χ2v) is 5.13. The van der Waals surface area contributed by atoms with Gasteiger partial charge in [0.25, 0.3) is 0 Å². The highest BCUT2D eigenvalue weighted by Gasteiger charge is 2.36. The van der Waals surface area contributed by atoms with E-state index >= 15 is 0 Å². The van der Waals surface area contributed by atoms with Crippen LogP contribution in [0.3, 0.4) is 0 Å². The van der Waals surface area contributed by atoms with E-state index in [-0.39, 0.29) is 0 Å². The van der Waals surface area contributed by atoms with Gasteiger partial charge in [0.1, 0.15) is 5.60 Å². The first-order valence-electron chi connectivity index (χ1n) is 7.50. The normalized spacial score (nSPS) is 11.3. The Labute approximate surface area is 132 Å². The Morgan fingerprint density at radius 1 is 0.591 bits per heavy atom. The highest BCUT2D eigenvalue weighted by molar-refractivity contribution is 5.47. The van der Waals surface area contributed by atoms with Crippen molar-refractivity contribution in [1.82, 2.24) is 0 Å². The third-order valence-electron chi connectivity index (χ3n) is 3.84. The minimum Gasteiger partial charge on any atom is -0.355 e. The SMILES string of the molecule is C[CH]OC(c1ccccc1)(c1ccccc1)c1ccccc1. The summed E-state index contributed by atoms with van der Waals surface area (Å²) >= 11 is 0. The van der Waals surface area contributed by atoms with Crippen LogP contribution >= 0.6 is 0 Å². The quantitative estimate of drug-likeness (QED) is 0.588. The van der Waals surface area contributed by atoms with Crippen molar-refractivity contribution in [1.29, 1.82) is 0 Å². The second kappa shape index (κ2) is 6.59. The van der Waals surface area contributed by atoms with Crippen molar-refractivity contribution in [3.8, 4) is 0 Å². The molecule has 0 amide bonds. The lowest BCUT2D eigenvalue weighted by Gasteiger charge is -2.35. The lowest BCUT2D eigenvalue weighted by Crippen LogP contribution is -2.31.